The van der Waals surface area contributed by atoms with E-state index in [1.165, 1.54) is 6.33 Å². The van der Waals surface area contributed by atoms with Crippen molar-refractivity contribution in [2.75, 3.05) is 36.5 Å². The van der Waals surface area contributed by atoms with Crippen LogP contribution >= 0.6 is 11.3 Å². The van der Waals surface area contributed by atoms with E-state index in [1.807, 2.05) is 30.3 Å². The van der Waals surface area contributed by atoms with Gasteiger partial charge >= 0.3 is 0 Å². The van der Waals surface area contributed by atoms with Crippen molar-refractivity contribution in [3.63, 3.8) is 0 Å². The Morgan fingerprint density at radius 2 is 1.93 bits per heavy atom. The molecule has 0 saturated carbocycles. The standard InChI is InChI=1S/C20H18N6O2S/c27-19(14-1-4-16(5-2-14)26-13-21-12-22-26)23-15-3-6-17-18(11-15)29-20(24-17)25-7-9-28-10-8-25/h1-6,11-13H,7-10H2,(H,23,27). The van der Waals surface area contributed by atoms with Gasteiger partial charge < -0.3 is 15.0 Å². The van der Waals surface area contributed by atoms with Gasteiger partial charge in [0.2, 0.25) is 0 Å². The van der Waals surface area contributed by atoms with Crippen LogP contribution in [-0.4, -0.2) is 52.0 Å². The minimum absolute atomic E-state index is 0.160. The molecule has 0 atom stereocenters. The van der Waals surface area contributed by atoms with E-state index in [0.717, 1.165) is 53.0 Å². The molecule has 8 nitrogen and oxygen atoms in total. The highest BCUT2D eigenvalue weighted by molar-refractivity contribution is 7.22. The van der Waals surface area contributed by atoms with E-state index < -0.39 is 0 Å². The van der Waals surface area contributed by atoms with Crippen LogP contribution in [0.5, 0.6) is 0 Å². The summed E-state index contributed by atoms with van der Waals surface area (Å²) in [5.41, 5.74) is 3.11. The van der Waals surface area contributed by atoms with Crippen LogP contribution in [0, 0.1) is 0 Å². The van der Waals surface area contributed by atoms with E-state index in [0.29, 0.717) is 5.56 Å². The summed E-state index contributed by atoms with van der Waals surface area (Å²) < 4.78 is 8.10. The van der Waals surface area contributed by atoms with Gasteiger partial charge in [-0.15, -0.1) is 0 Å². The molecule has 0 spiro atoms. The van der Waals surface area contributed by atoms with E-state index in [1.54, 1.807) is 34.5 Å². The lowest BCUT2D eigenvalue weighted by Crippen LogP contribution is -2.36. The van der Waals surface area contributed by atoms with Crippen molar-refractivity contribution in [3.8, 4) is 5.69 Å². The summed E-state index contributed by atoms with van der Waals surface area (Å²) in [6, 6.07) is 13.0. The molecule has 4 aromatic rings. The first-order chi connectivity index (χ1) is 14.3. The van der Waals surface area contributed by atoms with Gasteiger partial charge in [-0.1, -0.05) is 11.3 Å². The summed E-state index contributed by atoms with van der Waals surface area (Å²) in [7, 11) is 0. The third-order valence-electron chi connectivity index (χ3n) is 4.73. The van der Waals surface area contributed by atoms with Crippen molar-refractivity contribution >= 4 is 38.3 Å². The summed E-state index contributed by atoms with van der Waals surface area (Å²) in [6.07, 6.45) is 3.09. The molecule has 2 aromatic heterocycles. The SMILES string of the molecule is O=C(Nc1ccc2nc(N3CCOCC3)sc2c1)c1ccc(-n2cncn2)cc1. The second-order valence-electron chi connectivity index (χ2n) is 6.62. The molecule has 146 valence electrons. The lowest BCUT2D eigenvalue weighted by Gasteiger charge is -2.25. The highest BCUT2D eigenvalue weighted by atomic mass is 32.1. The number of amides is 1. The summed E-state index contributed by atoms with van der Waals surface area (Å²) in [4.78, 5) is 23.5. The molecule has 1 N–H and O–H groups in total. The number of nitrogens with one attached hydrogen (secondary N) is 1. The van der Waals surface area contributed by atoms with Crippen molar-refractivity contribution in [2.24, 2.45) is 0 Å². The van der Waals surface area contributed by atoms with Gasteiger partial charge in [0.15, 0.2) is 5.13 Å². The maximum absolute atomic E-state index is 12.6. The van der Waals surface area contributed by atoms with E-state index >= 15 is 0 Å². The average Bonchev–Trinajstić information content (AvgIpc) is 3.44. The van der Waals surface area contributed by atoms with Crippen molar-refractivity contribution in [1.29, 1.82) is 0 Å². The molecule has 1 aliphatic rings. The molecule has 0 unspecified atom stereocenters. The number of aromatic nitrogens is 4. The zero-order valence-electron chi connectivity index (χ0n) is 15.5. The van der Waals surface area contributed by atoms with Gasteiger partial charge in [0.05, 0.1) is 29.1 Å². The molecule has 0 radical (unpaired) electrons. The minimum Gasteiger partial charge on any atom is -0.378 e. The summed E-state index contributed by atoms with van der Waals surface area (Å²) >= 11 is 1.63. The number of benzene rings is 2. The maximum atomic E-state index is 12.6. The molecular weight excluding hydrogens is 388 g/mol. The Hall–Kier alpha value is -3.30. The van der Waals surface area contributed by atoms with Crippen LogP contribution in [0.2, 0.25) is 0 Å². The quantitative estimate of drug-likeness (QED) is 0.561. The van der Waals surface area contributed by atoms with Crippen LogP contribution in [0.1, 0.15) is 10.4 Å². The number of carbonyl (C=O) groups excluding carboxylic acids is 1. The summed E-state index contributed by atoms with van der Waals surface area (Å²) in [6.45, 7) is 3.17. The first-order valence-corrected chi connectivity index (χ1v) is 10.1. The van der Waals surface area contributed by atoms with Crippen LogP contribution in [0.3, 0.4) is 0 Å². The molecule has 1 saturated heterocycles. The maximum Gasteiger partial charge on any atom is 0.255 e. The third kappa shape index (κ3) is 3.69. The number of fused-ring (bicyclic) bond motifs is 1. The Morgan fingerprint density at radius 3 is 2.69 bits per heavy atom. The van der Waals surface area contributed by atoms with Crippen molar-refractivity contribution in [2.45, 2.75) is 0 Å². The molecule has 3 heterocycles. The van der Waals surface area contributed by atoms with Crippen LogP contribution in [0.4, 0.5) is 10.8 Å². The highest BCUT2D eigenvalue weighted by Crippen LogP contribution is 2.31. The first kappa shape index (κ1) is 17.8. The van der Waals surface area contributed by atoms with E-state index in [-0.39, 0.29) is 5.91 Å². The molecule has 9 heteroatoms. The number of hydrogen-bond donors (Lipinski definition) is 1. The van der Waals surface area contributed by atoms with Gasteiger partial charge in [-0.3, -0.25) is 4.79 Å². The fraction of sp³-hybridized carbons (Fsp3) is 0.200. The van der Waals surface area contributed by atoms with Crippen molar-refractivity contribution < 1.29 is 9.53 Å². The van der Waals surface area contributed by atoms with Gasteiger partial charge in [0.25, 0.3) is 5.91 Å². The highest BCUT2D eigenvalue weighted by Gasteiger charge is 2.16. The molecule has 0 bridgehead atoms. The Morgan fingerprint density at radius 1 is 1.10 bits per heavy atom. The lowest BCUT2D eigenvalue weighted by molar-refractivity contribution is 0.102. The number of anilines is 2. The molecule has 1 amide bonds. The Bertz CT molecular complexity index is 1130. The lowest BCUT2D eigenvalue weighted by atomic mass is 10.2. The molecular formula is C20H18N6O2S. The number of morpholine rings is 1. The minimum atomic E-state index is -0.160. The predicted octanol–water partition coefficient (Wildman–Crippen LogP) is 2.97. The largest absolute Gasteiger partial charge is 0.378 e. The van der Waals surface area contributed by atoms with E-state index in [4.69, 9.17) is 9.72 Å². The van der Waals surface area contributed by atoms with Gasteiger partial charge in [-0.2, -0.15) is 5.10 Å². The average molecular weight is 406 g/mol. The zero-order chi connectivity index (χ0) is 19.6. The zero-order valence-corrected chi connectivity index (χ0v) is 16.3. The van der Waals surface area contributed by atoms with Gasteiger partial charge in [-0.25, -0.2) is 14.6 Å². The number of nitrogens with zero attached hydrogens (tertiary/aromatic N) is 5. The van der Waals surface area contributed by atoms with Crippen molar-refractivity contribution in [3.05, 3.63) is 60.7 Å². The smallest absolute Gasteiger partial charge is 0.255 e. The third-order valence-corrected chi connectivity index (χ3v) is 5.81. The normalized spacial score (nSPS) is 14.3. The van der Waals surface area contributed by atoms with E-state index in [9.17, 15) is 4.79 Å². The Labute approximate surface area is 170 Å². The number of carbonyl (C=O) groups is 1. The molecule has 1 fully saturated rings. The second kappa shape index (κ2) is 7.61. The van der Waals surface area contributed by atoms with Crippen molar-refractivity contribution in [1.82, 2.24) is 19.7 Å². The summed E-state index contributed by atoms with van der Waals surface area (Å²) in [5.74, 6) is -0.160. The molecule has 2 aromatic carbocycles. The number of ether oxygens (including phenoxy) is 1. The van der Waals surface area contributed by atoms with E-state index in [2.05, 4.69) is 20.3 Å². The van der Waals surface area contributed by atoms with Crippen LogP contribution in [-0.2, 0) is 4.74 Å². The first-order valence-electron chi connectivity index (χ1n) is 9.26. The van der Waals surface area contributed by atoms with Gasteiger partial charge in [0.1, 0.15) is 12.7 Å². The Balaban J connectivity index is 1.32. The molecule has 1 aliphatic heterocycles. The van der Waals surface area contributed by atoms with Crippen LogP contribution in [0.25, 0.3) is 15.9 Å². The predicted molar refractivity (Wildman–Crippen MR) is 112 cm³/mol. The molecule has 5 rings (SSSR count). The fourth-order valence-corrected chi connectivity index (χ4v) is 4.25. The molecule has 29 heavy (non-hydrogen) atoms. The number of thiazole rings is 1. The summed E-state index contributed by atoms with van der Waals surface area (Å²) in [5, 5.41) is 8.04. The second-order valence-corrected chi connectivity index (χ2v) is 7.63. The fourth-order valence-electron chi connectivity index (χ4n) is 3.19. The van der Waals surface area contributed by atoms with Gasteiger partial charge in [0, 0.05) is 24.3 Å². The van der Waals surface area contributed by atoms with Crippen LogP contribution in [0.15, 0.2) is 55.1 Å². The number of hydrogen-bond acceptors (Lipinski definition) is 7. The Kier molecular flexibility index (Phi) is 4.66. The monoisotopic (exact) mass is 406 g/mol. The van der Waals surface area contributed by atoms with Gasteiger partial charge in [-0.05, 0) is 42.5 Å². The number of rotatable bonds is 4. The molecule has 0 aliphatic carbocycles. The van der Waals surface area contributed by atoms with Crippen LogP contribution < -0.4 is 10.2 Å². The topological polar surface area (TPSA) is 85.2 Å².